The first-order valence-electron chi connectivity index (χ1n) is 13.6. The Balaban J connectivity index is 1.42. The van der Waals surface area contributed by atoms with Crippen LogP contribution in [0.15, 0.2) is 143 Å². The zero-order valence-corrected chi connectivity index (χ0v) is 23.2. The number of hydrogen-bond acceptors (Lipinski definition) is 5. The largest absolute Gasteiger partial charge is 0.489 e. The monoisotopic (exact) mass is 558 g/mol. The van der Waals surface area contributed by atoms with Gasteiger partial charge in [-0.1, -0.05) is 115 Å². The highest BCUT2D eigenvalue weighted by Crippen LogP contribution is 2.45. The second kappa shape index (κ2) is 12.5. The molecule has 6 aromatic carbocycles. The van der Waals surface area contributed by atoms with Crippen molar-refractivity contribution in [3.05, 3.63) is 145 Å². The lowest BCUT2D eigenvalue weighted by atomic mass is 10.00. The fraction of sp³-hybridized carbons (Fsp3) is 0.111. The van der Waals surface area contributed by atoms with Gasteiger partial charge in [0.2, 0.25) is 0 Å². The van der Waals surface area contributed by atoms with Crippen molar-refractivity contribution in [3.63, 3.8) is 0 Å². The van der Waals surface area contributed by atoms with E-state index in [2.05, 4.69) is 30.3 Å². The Bertz CT molecular complexity index is 1740. The topological polar surface area (TPSA) is 58.9 Å². The lowest BCUT2D eigenvalue weighted by Crippen LogP contribution is -2.11. The summed E-state index contributed by atoms with van der Waals surface area (Å²) in [5, 5.41) is 25.3. The molecule has 0 saturated carbocycles. The summed E-state index contributed by atoms with van der Waals surface area (Å²) >= 11 is 1.67. The molecule has 204 valence electrons. The van der Waals surface area contributed by atoms with Crippen molar-refractivity contribution in [3.8, 4) is 11.5 Å². The summed E-state index contributed by atoms with van der Waals surface area (Å²) in [5.41, 5.74) is 1.61. The maximum absolute atomic E-state index is 10.9. The molecule has 2 atom stereocenters. The third-order valence-electron chi connectivity index (χ3n) is 7.02. The molecule has 0 aliphatic heterocycles. The normalized spacial score (nSPS) is 12.7. The van der Waals surface area contributed by atoms with Crippen LogP contribution in [-0.4, -0.2) is 23.4 Å². The van der Waals surface area contributed by atoms with Crippen molar-refractivity contribution in [2.75, 3.05) is 13.2 Å². The van der Waals surface area contributed by atoms with E-state index >= 15 is 0 Å². The summed E-state index contributed by atoms with van der Waals surface area (Å²) in [6.07, 6.45) is -1.54. The molecular formula is C36H30O4S. The molecule has 0 aliphatic carbocycles. The minimum absolute atomic E-state index is 0.103. The number of hydrogen-bond donors (Lipinski definition) is 2. The highest BCUT2D eigenvalue weighted by molar-refractivity contribution is 7.99. The van der Waals surface area contributed by atoms with E-state index in [0.29, 0.717) is 11.5 Å². The van der Waals surface area contributed by atoms with Gasteiger partial charge >= 0.3 is 0 Å². The quantitative estimate of drug-likeness (QED) is 0.165. The summed E-state index contributed by atoms with van der Waals surface area (Å²) in [4.78, 5) is 2.19. The fourth-order valence-corrected chi connectivity index (χ4v) is 5.82. The summed E-state index contributed by atoms with van der Waals surface area (Å²) in [7, 11) is 0. The maximum Gasteiger partial charge on any atom is 0.135 e. The van der Waals surface area contributed by atoms with Crippen LogP contribution in [0.5, 0.6) is 11.5 Å². The minimum atomic E-state index is -0.774. The molecule has 0 aromatic heterocycles. The van der Waals surface area contributed by atoms with Gasteiger partial charge < -0.3 is 19.7 Å². The van der Waals surface area contributed by atoms with E-state index in [1.54, 1.807) is 11.8 Å². The summed E-state index contributed by atoms with van der Waals surface area (Å²) in [6, 6.07) is 43.5. The number of fused-ring (bicyclic) bond motifs is 2. The van der Waals surface area contributed by atoms with E-state index in [9.17, 15) is 10.2 Å². The number of aliphatic hydroxyl groups excluding tert-OH is 2. The van der Waals surface area contributed by atoms with Crippen molar-refractivity contribution in [1.82, 2.24) is 0 Å². The van der Waals surface area contributed by atoms with Gasteiger partial charge in [0.05, 0.1) is 0 Å². The highest BCUT2D eigenvalue weighted by atomic mass is 32.2. The molecule has 2 unspecified atom stereocenters. The first-order chi connectivity index (χ1) is 20.2. The lowest BCUT2D eigenvalue weighted by molar-refractivity contribution is 0.108. The van der Waals surface area contributed by atoms with E-state index in [1.165, 1.54) is 0 Å². The SMILES string of the molecule is OC(COc1c2ccccc2c(OCC(O)c2ccccc2)c2cc(Sc3ccccc3)ccc12)c1ccccc1. The van der Waals surface area contributed by atoms with Gasteiger partial charge in [0, 0.05) is 31.3 Å². The average Bonchev–Trinajstić information content (AvgIpc) is 3.03. The standard InChI is InChI=1S/C36H30O4S/c37-33(25-12-4-1-5-13-25)23-39-35-29-18-10-11-19-30(29)36(40-24-34(38)26-14-6-2-7-15-26)32-22-28(20-21-31(32)35)41-27-16-8-3-9-17-27/h1-22,33-34,37-38H,23-24H2. The first kappa shape index (κ1) is 26.9. The Morgan fingerprint density at radius 1 is 0.463 bits per heavy atom. The highest BCUT2D eigenvalue weighted by Gasteiger charge is 2.20. The Kier molecular flexibility index (Phi) is 8.19. The summed E-state index contributed by atoms with van der Waals surface area (Å²) in [5.74, 6) is 1.38. The molecule has 0 heterocycles. The number of ether oxygens (including phenoxy) is 2. The van der Waals surface area contributed by atoms with Gasteiger partial charge in [0.1, 0.15) is 36.9 Å². The van der Waals surface area contributed by atoms with Gasteiger partial charge in [-0.2, -0.15) is 0 Å². The summed E-state index contributed by atoms with van der Waals surface area (Å²) < 4.78 is 12.8. The second-order valence-corrected chi connectivity index (χ2v) is 10.9. The zero-order chi connectivity index (χ0) is 28.0. The molecule has 6 aromatic rings. The van der Waals surface area contributed by atoms with Crippen LogP contribution in [0.4, 0.5) is 0 Å². The van der Waals surface area contributed by atoms with Crippen molar-refractivity contribution in [1.29, 1.82) is 0 Å². The molecular weight excluding hydrogens is 528 g/mol. The van der Waals surface area contributed by atoms with Gasteiger partial charge in [0.15, 0.2) is 0 Å². The minimum Gasteiger partial charge on any atom is -0.489 e. The van der Waals surface area contributed by atoms with E-state index in [-0.39, 0.29) is 13.2 Å². The Labute approximate surface area is 243 Å². The molecule has 4 nitrogen and oxygen atoms in total. The molecule has 2 N–H and O–H groups in total. The van der Waals surface area contributed by atoms with Gasteiger partial charge in [-0.25, -0.2) is 0 Å². The molecule has 6 rings (SSSR count). The number of aliphatic hydroxyl groups is 2. The van der Waals surface area contributed by atoms with E-state index in [0.717, 1.165) is 42.5 Å². The number of rotatable bonds is 10. The smallest absolute Gasteiger partial charge is 0.135 e. The molecule has 0 fully saturated rings. The Morgan fingerprint density at radius 2 is 0.902 bits per heavy atom. The van der Waals surface area contributed by atoms with E-state index in [1.807, 2.05) is 103 Å². The van der Waals surface area contributed by atoms with Crippen LogP contribution >= 0.6 is 11.8 Å². The van der Waals surface area contributed by atoms with E-state index < -0.39 is 12.2 Å². The molecule has 0 saturated heterocycles. The predicted octanol–water partition coefficient (Wildman–Crippen LogP) is 8.37. The van der Waals surface area contributed by atoms with Crippen LogP contribution in [0.25, 0.3) is 21.5 Å². The number of benzene rings is 6. The van der Waals surface area contributed by atoms with Crippen LogP contribution < -0.4 is 9.47 Å². The van der Waals surface area contributed by atoms with Crippen molar-refractivity contribution < 1.29 is 19.7 Å². The predicted molar refractivity (Wildman–Crippen MR) is 166 cm³/mol. The maximum atomic E-state index is 10.9. The third-order valence-corrected chi connectivity index (χ3v) is 8.01. The van der Waals surface area contributed by atoms with Crippen LogP contribution in [0.1, 0.15) is 23.3 Å². The first-order valence-corrected chi connectivity index (χ1v) is 14.4. The van der Waals surface area contributed by atoms with Gasteiger partial charge in [-0.15, -0.1) is 0 Å². The van der Waals surface area contributed by atoms with Crippen molar-refractivity contribution in [2.24, 2.45) is 0 Å². The molecule has 0 amide bonds. The molecule has 5 heteroatoms. The second-order valence-electron chi connectivity index (χ2n) is 9.80. The van der Waals surface area contributed by atoms with Crippen LogP contribution in [0.3, 0.4) is 0 Å². The molecule has 0 spiro atoms. The van der Waals surface area contributed by atoms with Crippen molar-refractivity contribution in [2.45, 2.75) is 22.0 Å². The zero-order valence-electron chi connectivity index (χ0n) is 22.4. The van der Waals surface area contributed by atoms with Gasteiger partial charge in [-0.3, -0.25) is 0 Å². The average molecular weight is 559 g/mol. The molecule has 0 aliphatic rings. The Morgan fingerprint density at radius 3 is 1.44 bits per heavy atom. The molecule has 0 radical (unpaired) electrons. The van der Waals surface area contributed by atoms with Crippen LogP contribution in [0, 0.1) is 0 Å². The molecule has 41 heavy (non-hydrogen) atoms. The van der Waals surface area contributed by atoms with Crippen LogP contribution in [-0.2, 0) is 0 Å². The van der Waals surface area contributed by atoms with Crippen molar-refractivity contribution >= 4 is 33.3 Å². The molecule has 0 bridgehead atoms. The fourth-order valence-electron chi connectivity index (χ4n) is 4.94. The van der Waals surface area contributed by atoms with Gasteiger partial charge in [0.25, 0.3) is 0 Å². The van der Waals surface area contributed by atoms with E-state index in [4.69, 9.17) is 9.47 Å². The summed E-state index contributed by atoms with van der Waals surface area (Å²) in [6.45, 7) is 0.211. The Hall–Kier alpha value is -4.29. The third kappa shape index (κ3) is 6.08. The van der Waals surface area contributed by atoms with Gasteiger partial charge in [-0.05, 0) is 41.5 Å². The van der Waals surface area contributed by atoms with Crippen LogP contribution in [0.2, 0.25) is 0 Å². The lowest BCUT2D eigenvalue weighted by Gasteiger charge is -2.21.